The van der Waals surface area contributed by atoms with E-state index in [0.717, 1.165) is 36.1 Å². The topological polar surface area (TPSA) is 9.23 Å². The van der Waals surface area contributed by atoms with Crippen LogP contribution in [0, 0.1) is 0 Å². The van der Waals surface area contributed by atoms with Gasteiger partial charge < -0.3 is 4.74 Å². The van der Waals surface area contributed by atoms with E-state index < -0.39 is 23.2 Å². The van der Waals surface area contributed by atoms with Crippen molar-refractivity contribution >= 4 is 5.57 Å². The number of benzene rings is 2. The van der Waals surface area contributed by atoms with Crippen molar-refractivity contribution in [2.75, 3.05) is 6.61 Å². The third-order valence-electron chi connectivity index (χ3n) is 5.30. The summed E-state index contributed by atoms with van der Waals surface area (Å²) in [6, 6.07) is 14.4. The minimum absolute atomic E-state index is 0.0615. The summed E-state index contributed by atoms with van der Waals surface area (Å²) < 4.78 is 62.4. The van der Waals surface area contributed by atoms with Crippen molar-refractivity contribution in [3.8, 4) is 11.1 Å². The van der Waals surface area contributed by atoms with Gasteiger partial charge in [-0.15, -0.1) is 0 Å². The number of rotatable bonds is 8. The average Bonchev–Trinajstić information content (AvgIpc) is 2.73. The maximum atomic E-state index is 14.6. The Balaban J connectivity index is 1.82. The molecule has 1 aliphatic rings. The second kappa shape index (κ2) is 9.07. The number of allylic oxidation sites excluding steroid dienone is 4. The van der Waals surface area contributed by atoms with Gasteiger partial charge in [0.15, 0.2) is 5.76 Å². The van der Waals surface area contributed by atoms with Crippen molar-refractivity contribution in [2.24, 2.45) is 0 Å². The minimum Gasteiger partial charge on any atom is -0.492 e. The second-order valence-corrected chi connectivity index (χ2v) is 7.42. The van der Waals surface area contributed by atoms with E-state index in [2.05, 4.69) is 19.1 Å². The first-order valence-electron chi connectivity index (χ1n) is 10.3. The highest BCUT2D eigenvalue weighted by molar-refractivity contribution is 5.77. The van der Waals surface area contributed by atoms with Crippen molar-refractivity contribution in [2.45, 2.75) is 51.4 Å². The highest BCUT2D eigenvalue weighted by Crippen LogP contribution is 2.50. The van der Waals surface area contributed by atoms with E-state index in [9.17, 15) is 17.6 Å². The maximum Gasteiger partial charge on any atom is 0.370 e. The molecule has 0 fully saturated rings. The summed E-state index contributed by atoms with van der Waals surface area (Å²) in [6.07, 6.45) is 6.50. The molecule has 30 heavy (non-hydrogen) atoms. The number of hydrogen-bond donors (Lipinski definition) is 0. The first-order chi connectivity index (χ1) is 14.3. The lowest BCUT2D eigenvalue weighted by Gasteiger charge is -2.32. The lowest BCUT2D eigenvalue weighted by Crippen LogP contribution is -2.45. The number of aryl methyl sites for hydroxylation is 1. The predicted molar refractivity (Wildman–Crippen MR) is 113 cm³/mol. The first kappa shape index (κ1) is 22.1. The fraction of sp³-hybridized carbons (Fsp3) is 0.360. The van der Waals surface area contributed by atoms with Crippen LogP contribution in [-0.4, -0.2) is 18.5 Å². The van der Waals surface area contributed by atoms with Crippen molar-refractivity contribution in [1.29, 1.82) is 0 Å². The molecule has 0 bridgehead atoms. The number of hydrogen-bond acceptors (Lipinski definition) is 1. The van der Waals surface area contributed by atoms with E-state index in [1.54, 1.807) is 12.1 Å². The summed E-state index contributed by atoms with van der Waals surface area (Å²) in [5, 5.41) is 0. The van der Waals surface area contributed by atoms with Crippen LogP contribution in [0.2, 0.25) is 0 Å². The van der Waals surface area contributed by atoms with Crippen LogP contribution in [0.5, 0.6) is 0 Å². The molecule has 0 N–H and O–H groups in total. The van der Waals surface area contributed by atoms with Crippen LogP contribution in [0.15, 0.2) is 66.4 Å². The molecule has 1 aliphatic carbocycles. The molecule has 0 saturated heterocycles. The van der Waals surface area contributed by atoms with Gasteiger partial charge in [-0.1, -0.05) is 68.3 Å². The molecular weight excluding hydrogens is 392 g/mol. The summed E-state index contributed by atoms with van der Waals surface area (Å²) in [5.74, 6) is -9.75. The van der Waals surface area contributed by atoms with Gasteiger partial charge in [0, 0.05) is 5.57 Å². The van der Waals surface area contributed by atoms with Gasteiger partial charge in [-0.3, -0.25) is 0 Å². The molecule has 0 unspecified atom stereocenters. The smallest absolute Gasteiger partial charge is 0.370 e. The van der Waals surface area contributed by atoms with E-state index in [1.807, 2.05) is 12.1 Å². The lowest BCUT2D eigenvalue weighted by molar-refractivity contribution is -0.171. The van der Waals surface area contributed by atoms with Crippen LogP contribution in [0.1, 0.15) is 44.2 Å². The molecule has 0 saturated carbocycles. The molecule has 0 spiro atoms. The Morgan fingerprint density at radius 3 is 1.83 bits per heavy atom. The Morgan fingerprint density at radius 1 is 0.700 bits per heavy atom. The third kappa shape index (κ3) is 4.30. The van der Waals surface area contributed by atoms with Crippen LogP contribution >= 0.6 is 0 Å². The fourth-order valence-electron chi connectivity index (χ4n) is 3.55. The zero-order chi connectivity index (χ0) is 21.8. The van der Waals surface area contributed by atoms with Crippen molar-refractivity contribution in [1.82, 2.24) is 0 Å². The molecule has 0 heterocycles. The molecular formula is C25H26F4O. The monoisotopic (exact) mass is 418 g/mol. The minimum atomic E-state index is -4.39. The molecule has 2 aromatic carbocycles. The second-order valence-electron chi connectivity index (χ2n) is 7.42. The Labute approximate surface area is 175 Å². The molecule has 5 heteroatoms. The van der Waals surface area contributed by atoms with Crippen molar-refractivity contribution < 1.29 is 22.3 Å². The summed E-state index contributed by atoms with van der Waals surface area (Å²) >= 11 is 0. The summed E-state index contributed by atoms with van der Waals surface area (Å²) in [4.78, 5) is 0. The van der Waals surface area contributed by atoms with Gasteiger partial charge in [0.2, 0.25) is 0 Å². The van der Waals surface area contributed by atoms with E-state index in [4.69, 9.17) is 4.74 Å². The normalized spacial score (nSPS) is 17.3. The zero-order valence-corrected chi connectivity index (χ0v) is 17.2. The van der Waals surface area contributed by atoms with E-state index in [0.29, 0.717) is 0 Å². The SMILES string of the molecule is CCCCCc1ccc(-c2ccc(C3=CC=C(OCC)C(F)(F)C3(F)F)cc2)cc1. The molecule has 0 amide bonds. The largest absolute Gasteiger partial charge is 0.492 e. The van der Waals surface area contributed by atoms with Gasteiger partial charge >= 0.3 is 11.8 Å². The van der Waals surface area contributed by atoms with Gasteiger partial charge in [0.25, 0.3) is 0 Å². The van der Waals surface area contributed by atoms with E-state index in [-0.39, 0.29) is 12.2 Å². The molecule has 160 valence electrons. The highest BCUT2D eigenvalue weighted by atomic mass is 19.3. The first-order valence-corrected chi connectivity index (χ1v) is 10.3. The quantitative estimate of drug-likeness (QED) is 0.316. The fourth-order valence-corrected chi connectivity index (χ4v) is 3.55. The molecule has 2 aromatic rings. The molecule has 0 atom stereocenters. The molecule has 1 nitrogen and oxygen atoms in total. The number of halogens is 4. The van der Waals surface area contributed by atoms with Crippen LogP contribution in [0.4, 0.5) is 17.6 Å². The van der Waals surface area contributed by atoms with E-state index in [1.165, 1.54) is 37.5 Å². The lowest BCUT2D eigenvalue weighted by atomic mass is 9.89. The third-order valence-corrected chi connectivity index (χ3v) is 5.30. The predicted octanol–water partition coefficient (Wildman–Crippen LogP) is 7.67. The van der Waals surface area contributed by atoms with Crippen LogP contribution in [0.3, 0.4) is 0 Å². The van der Waals surface area contributed by atoms with Crippen molar-refractivity contribution in [3.05, 3.63) is 77.6 Å². The van der Waals surface area contributed by atoms with Crippen LogP contribution in [-0.2, 0) is 11.2 Å². The molecule has 3 rings (SSSR count). The van der Waals surface area contributed by atoms with Gasteiger partial charge in [-0.05, 0) is 54.2 Å². The Kier molecular flexibility index (Phi) is 6.69. The number of unbranched alkanes of at least 4 members (excludes halogenated alkanes) is 2. The molecule has 0 aliphatic heterocycles. The summed E-state index contributed by atoms with van der Waals surface area (Å²) in [6.45, 7) is 3.54. The maximum absolute atomic E-state index is 14.6. The van der Waals surface area contributed by atoms with Gasteiger partial charge in [0.05, 0.1) is 6.61 Å². The van der Waals surface area contributed by atoms with Crippen molar-refractivity contribution in [3.63, 3.8) is 0 Å². The Hall–Kier alpha value is -2.56. The Bertz CT molecular complexity index is 909. The molecule has 0 aromatic heterocycles. The van der Waals surface area contributed by atoms with E-state index >= 15 is 0 Å². The van der Waals surface area contributed by atoms with Crippen LogP contribution in [0.25, 0.3) is 16.7 Å². The standard InChI is InChI=1S/C25H26F4O/c1-3-5-6-7-18-8-10-19(11-9-18)20-12-14-21(15-13-20)22-16-17-23(30-4-2)25(28,29)24(22,26)27/h8-17H,3-7H2,1-2H3. The molecule has 0 radical (unpaired) electrons. The summed E-state index contributed by atoms with van der Waals surface area (Å²) in [5.41, 5.74) is 2.40. The van der Waals surface area contributed by atoms with Gasteiger partial charge in [-0.2, -0.15) is 17.6 Å². The highest BCUT2D eigenvalue weighted by Gasteiger charge is 2.63. The van der Waals surface area contributed by atoms with Crippen LogP contribution < -0.4 is 0 Å². The zero-order valence-electron chi connectivity index (χ0n) is 17.2. The number of ether oxygens (including phenoxy) is 1. The number of alkyl halides is 4. The van der Waals surface area contributed by atoms with Gasteiger partial charge in [-0.25, -0.2) is 0 Å². The van der Waals surface area contributed by atoms with Gasteiger partial charge in [0.1, 0.15) is 0 Å². The Morgan fingerprint density at radius 2 is 1.27 bits per heavy atom. The summed E-state index contributed by atoms with van der Waals surface area (Å²) in [7, 11) is 0. The average molecular weight is 418 g/mol.